The predicted octanol–water partition coefficient (Wildman–Crippen LogP) is 6.91. The molecule has 164 valence electrons. The van der Waals surface area contributed by atoms with Gasteiger partial charge in [-0.05, 0) is 62.7 Å². The van der Waals surface area contributed by atoms with E-state index in [1.54, 1.807) is 0 Å². The molecule has 0 radical (unpaired) electrons. The molecule has 1 saturated carbocycles. The second-order valence-electron chi connectivity index (χ2n) is 8.70. The number of nitrogens with zero attached hydrogens (tertiary/aromatic N) is 3. The first-order valence-electron chi connectivity index (χ1n) is 11.6. The average Bonchev–Trinajstić information content (AvgIpc) is 3.33. The predicted molar refractivity (Wildman–Crippen MR) is 135 cm³/mol. The van der Waals surface area contributed by atoms with Gasteiger partial charge in [-0.15, -0.1) is 0 Å². The molecule has 1 aromatic heterocycles. The summed E-state index contributed by atoms with van der Waals surface area (Å²) in [4.78, 5) is 21.3. The normalized spacial score (nSPS) is 20.2. The van der Waals surface area contributed by atoms with Crippen LogP contribution in [-0.2, 0) is 11.3 Å². The number of rotatable bonds is 4. The van der Waals surface area contributed by atoms with E-state index in [-0.39, 0.29) is 11.9 Å². The fourth-order valence-electron chi connectivity index (χ4n) is 4.75. The van der Waals surface area contributed by atoms with Gasteiger partial charge in [-0.25, -0.2) is 4.99 Å². The van der Waals surface area contributed by atoms with Gasteiger partial charge in [0.2, 0.25) is 0 Å². The highest BCUT2D eigenvalue weighted by atomic mass is 32.2. The molecule has 2 fully saturated rings. The summed E-state index contributed by atoms with van der Waals surface area (Å²) in [5, 5.41) is 2.00. The molecule has 1 saturated heterocycles. The Morgan fingerprint density at radius 1 is 1.06 bits per heavy atom. The molecule has 5 rings (SSSR count). The van der Waals surface area contributed by atoms with E-state index < -0.39 is 0 Å². The van der Waals surface area contributed by atoms with Crippen molar-refractivity contribution in [2.45, 2.75) is 58.5 Å². The highest BCUT2D eigenvalue weighted by molar-refractivity contribution is 8.18. The summed E-state index contributed by atoms with van der Waals surface area (Å²) in [6.45, 7) is 5.13. The molecule has 1 aliphatic heterocycles. The number of thioether (sulfide) groups is 1. The molecule has 0 spiro atoms. The van der Waals surface area contributed by atoms with Crippen molar-refractivity contribution in [3.8, 4) is 0 Å². The lowest BCUT2D eigenvalue weighted by Crippen LogP contribution is -2.40. The van der Waals surface area contributed by atoms with Gasteiger partial charge in [0.05, 0.1) is 10.6 Å². The highest BCUT2D eigenvalue weighted by Gasteiger charge is 2.38. The Kier molecular flexibility index (Phi) is 5.92. The zero-order valence-electron chi connectivity index (χ0n) is 18.8. The lowest BCUT2D eigenvalue weighted by Gasteiger charge is -2.30. The van der Waals surface area contributed by atoms with Gasteiger partial charge in [0.1, 0.15) is 0 Å². The summed E-state index contributed by atoms with van der Waals surface area (Å²) >= 11 is 1.52. The van der Waals surface area contributed by atoms with Gasteiger partial charge in [0.15, 0.2) is 5.17 Å². The van der Waals surface area contributed by atoms with E-state index in [9.17, 15) is 4.79 Å². The SMILES string of the molecule is CCn1cc(/C=C2/SC(=Nc3ccc(C)cc3)N(C3CCCCC3)C2=O)c2ccccc21. The second-order valence-corrected chi connectivity index (χ2v) is 9.70. The number of amidine groups is 1. The summed E-state index contributed by atoms with van der Waals surface area (Å²) in [6.07, 6.45) is 9.96. The van der Waals surface area contributed by atoms with E-state index in [0.717, 1.165) is 40.7 Å². The van der Waals surface area contributed by atoms with Gasteiger partial charge >= 0.3 is 0 Å². The average molecular weight is 444 g/mol. The summed E-state index contributed by atoms with van der Waals surface area (Å²) < 4.78 is 2.24. The van der Waals surface area contributed by atoms with Crippen molar-refractivity contribution in [3.63, 3.8) is 0 Å². The second kappa shape index (κ2) is 8.99. The van der Waals surface area contributed by atoms with Crippen molar-refractivity contribution in [2.24, 2.45) is 4.99 Å². The van der Waals surface area contributed by atoms with Crippen LogP contribution >= 0.6 is 11.8 Å². The summed E-state index contributed by atoms with van der Waals surface area (Å²) in [6, 6.07) is 16.9. The molecule has 3 aromatic rings. The largest absolute Gasteiger partial charge is 0.347 e. The molecule has 0 unspecified atom stereocenters. The topological polar surface area (TPSA) is 37.6 Å². The van der Waals surface area contributed by atoms with Crippen LogP contribution in [0.15, 0.2) is 64.6 Å². The van der Waals surface area contributed by atoms with Crippen molar-refractivity contribution >= 4 is 45.5 Å². The zero-order valence-corrected chi connectivity index (χ0v) is 19.6. The van der Waals surface area contributed by atoms with Crippen LogP contribution < -0.4 is 0 Å². The summed E-state index contributed by atoms with van der Waals surface area (Å²) in [5.41, 5.74) is 4.41. The van der Waals surface area contributed by atoms with Crippen LogP contribution in [0.2, 0.25) is 0 Å². The van der Waals surface area contributed by atoms with E-state index >= 15 is 0 Å². The number of aryl methyl sites for hydroxylation is 2. The zero-order chi connectivity index (χ0) is 22.1. The van der Waals surface area contributed by atoms with Crippen LogP contribution in [0.3, 0.4) is 0 Å². The standard InChI is InChI=1S/C27H29N3OS/c1-3-29-18-20(23-11-7-8-12-24(23)29)17-25-26(31)30(22-9-5-4-6-10-22)27(32-25)28-21-15-13-19(2)14-16-21/h7-8,11-18,22H,3-6,9-10H2,1-2H3/b25-17+,28-27?. The molecule has 1 aliphatic carbocycles. The number of para-hydroxylation sites is 1. The van der Waals surface area contributed by atoms with Crippen molar-refractivity contribution in [3.05, 3.63) is 70.8 Å². The molecule has 0 N–H and O–H groups in total. The molecule has 32 heavy (non-hydrogen) atoms. The minimum atomic E-state index is 0.0982. The third-order valence-corrected chi connectivity index (χ3v) is 7.47. The number of aliphatic imine (C=N–C) groups is 1. The first kappa shape index (κ1) is 21.1. The van der Waals surface area contributed by atoms with Crippen molar-refractivity contribution < 1.29 is 4.79 Å². The maximum absolute atomic E-state index is 13.6. The van der Waals surface area contributed by atoms with Gasteiger partial charge in [-0.3, -0.25) is 9.69 Å². The van der Waals surface area contributed by atoms with Crippen LogP contribution in [0.4, 0.5) is 5.69 Å². The molecule has 0 bridgehead atoms. The number of aromatic nitrogens is 1. The number of amides is 1. The molecule has 0 atom stereocenters. The highest BCUT2D eigenvalue weighted by Crippen LogP contribution is 2.39. The maximum Gasteiger partial charge on any atom is 0.267 e. The number of benzene rings is 2. The van der Waals surface area contributed by atoms with E-state index in [0.29, 0.717) is 0 Å². The molecule has 2 heterocycles. The molecule has 1 amide bonds. The quantitative estimate of drug-likeness (QED) is 0.411. The van der Waals surface area contributed by atoms with Crippen molar-refractivity contribution in [1.82, 2.24) is 9.47 Å². The van der Waals surface area contributed by atoms with Crippen LogP contribution in [0.1, 0.15) is 50.2 Å². The van der Waals surface area contributed by atoms with Crippen LogP contribution in [-0.4, -0.2) is 26.6 Å². The van der Waals surface area contributed by atoms with Gasteiger partial charge in [-0.2, -0.15) is 0 Å². The van der Waals surface area contributed by atoms with Crippen LogP contribution in [0, 0.1) is 6.92 Å². The maximum atomic E-state index is 13.6. The van der Waals surface area contributed by atoms with Gasteiger partial charge in [0.25, 0.3) is 5.91 Å². The van der Waals surface area contributed by atoms with Crippen LogP contribution in [0.5, 0.6) is 0 Å². The van der Waals surface area contributed by atoms with E-state index in [1.165, 1.54) is 47.5 Å². The third-order valence-electron chi connectivity index (χ3n) is 6.48. The Morgan fingerprint density at radius 2 is 1.81 bits per heavy atom. The Bertz CT molecular complexity index is 1200. The summed E-state index contributed by atoms with van der Waals surface area (Å²) in [7, 11) is 0. The van der Waals surface area contributed by atoms with Crippen molar-refractivity contribution in [2.75, 3.05) is 0 Å². The third kappa shape index (κ3) is 4.02. The molecule has 4 nitrogen and oxygen atoms in total. The minimum absolute atomic E-state index is 0.0982. The Hall–Kier alpha value is -2.79. The van der Waals surface area contributed by atoms with E-state index in [4.69, 9.17) is 4.99 Å². The fourth-order valence-corrected chi connectivity index (χ4v) is 5.80. The first-order valence-corrected chi connectivity index (χ1v) is 12.4. The number of hydrogen-bond donors (Lipinski definition) is 0. The van der Waals surface area contributed by atoms with Crippen LogP contribution in [0.25, 0.3) is 17.0 Å². The number of carbonyl (C=O) groups excluding carboxylic acids is 1. The first-order chi connectivity index (χ1) is 15.6. The smallest absolute Gasteiger partial charge is 0.267 e. The lowest BCUT2D eigenvalue weighted by atomic mass is 9.94. The molecule has 2 aliphatic rings. The Labute approximate surface area is 194 Å². The lowest BCUT2D eigenvalue weighted by molar-refractivity contribution is -0.124. The number of hydrogen-bond acceptors (Lipinski definition) is 3. The Morgan fingerprint density at radius 3 is 2.56 bits per heavy atom. The molecular weight excluding hydrogens is 414 g/mol. The summed E-state index contributed by atoms with van der Waals surface area (Å²) in [5.74, 6) is 0.0982. The molecule has 2 aromatic carbocycles. The van der Waals surface area contributed by atoms with E-state index in [1.807, 2.05) is 17.0 Å². The van der Waals surface area contributed by atoms with E-state index in [2.05, 4.69) is 67.1 Å². The minimum Gasteiger partial charge on any atom is -0.347 e. The fraction of sp³-hybridized carbons (Fsp3) is 0.333. The van der Waals surface area contributed by atoms with Gasteiger partial charge in [0, 0.05) is 35.2 Å². The number of carbonyl (C=O) groups is 1. The van der Waals surface area contributed by atoms with Gasteiger partial charge < -0.3 is 4.57 Å². The monoisotopic (exact) mass is 443 g/mol. The number of fused-ring (bicyclic) bond motifs is 1. The van der Waals surface area contributed by atoms with Crippen molar-refractivity contribution in [1.29, 1.82) is 0 Å². The molecule has 5 heteroatoms. The van der Waals surface area contributed by atoms with Gasteiger partial charge in [-0.1, -0.05) is 55.2 Å². The Balaban J connectivity index is 1.55. The molecular formula is C27H29N3OS.